The second-order valence-electron chi connectivity index (χ2n) is 8.19. The molecule has 6 heteroatoms. The lowest BCUT2D eigenvalue weighted by Gasteiger charge is -2.40. The largest absolute Gasteiger partial charge is 0.492 e. The quantitative estimate of drug-likeness (QED) is 0.690. The van der Waals surface area contributed by atoms with E-state index in [1.807, 2.05) is 65.6 Å². The number of hydrogen-bond acceptors (Lipinski definition) is 4. The number of carbonyl (C=O) groups is 2. The molecule has 0 radical (unpaired) electrons. The Morgan fingerprint density at radius 3 is 2.23 bits per heavy atom. The highest BCUT2D eigenvalue weighted by atomic mass is 16.5. The van der Waals surface area contributed by atoms with Crippen molar-refractivity contribution in [3.8, 4) is 5.75 Å². The van der Waals surface area contributed by atoms with Crippen LogP contribution in [0, 0.1) is 0 Å². The molecule has 2 heterocycles. The van der Waals surface area contributed by atoms with Crippen LogP contribution in [0.4, 0.5) is 0 Å². The highest BCUT2D eigenvalue weighted by Crippen LogP contribution is 2.28. The van der Waals surface area contributed by atoms with Crippen molar-refractivity contribution < 1.29 is 14.3 Å². The van der Waals surface area contributed by atoms with Gasteiger partial charge in [-0.15, -0.1) is 0 Å². The third-order valence-corrected chi connectivity index (χ3v) is 6.12. The molecule has 2 aromatic carbocycles. The van der Waals surface area contributed by atoms with Gasteiger partial charge in [-0.25, -0.2) is 0 Å². The predicted octanol–water partition coefficient (Wildman–Crippen LogP) is 2.96. The summed E-state index contributed by atoms with van der Waals surface area (Å²) in [6.07, 6.45) is 2.40. The number of rotatable bonds is 7. The molecule has 0 spiro atoms. The summed E-state index contributed by atoms with van der Waals surface area (Å²) in [6, 6.07) is 19.1. The summed E-state index contributed by atoms with van der Waals surface area (Å²) in [4.78, 5) is 32.2. The number of carbonyl (C=O) groups excluding carboxylic acids is 2. The molecule has 2 saturated heterocycles. The zero-order valence-corrected chi connectivity index (χ0v) is 18.0. The third kappa shape index (κ3) is 5.44. The Kier molecular flexibility index (Phi) is 7.20. The zero-order valence-electron chi connectivity index (χ0n) is 18.0. The van der Waals surface area contributed by atoms with Crippen LogP contribution < -0.4 is 4.74 Å². The normalized spacial score (nSPS) is 18.6. The first-order chi connectivity index (χ1) is 15.2. The van der Waals surface area contributed by atoms with Crippen LogP contribution in [0.3, 0.4) is 0 Å². The van der Waals surface area contributed by atoms with E-state index in [1.54, 1.807) is 4.90 Å². The van der Waals surface area contributed by atoms with E-state index in [9.17, 15) is 9.59 Å². The Labute approximate surface area is 184 Å². The fourth-order valence-corrected chi connectivity index (χ4v) is 4.37. The van der Waals surface area contributed by atoms with Crippen molar-refractivity contribution in [1.29, 1.82) is 0 Å². The number of hydrogen-bond donors (Lipinski definition) is 0. The van der Waals surface area contributed by atoms with E-state index in [2.05, 4.69) is 4.90 Å². The summed E-state index contributed by atoms with van der Waals surface area (Å²) < 4.78 is 5.80. The van der Waals surface area contributed by atoms with Gasteiger partial charge >= 0.3 is 0 Å². The van der Waals surface area contributed by atoms with E-state index in [0.717, 1.165) is 43.8 Å². The Hall–Kier alpha value is -2.86. The predicted molar refractivity (Wildman–Crippen MR) is 120 cm³/mol. The van der Waals surface area contributed by atoms with E-state index < -0.39 is 6.04 Å². The van der Waals surface area contributed by atoms with E-state index in [4.69, 9.17) is 4.74 Å². The van der Waals surface area contributed by atoms with Crippen molar-refractivity contribution in [1.82, 2.24) is 14.7 Å². The molecule has 6 nitrogen and oxygen atoms in total. The maximum absolute atomic E-state index is 13.5. The van der Waals surface area contributed by atoms with E-state index in [1.165, 1.54) is 0 Å². The van der Waals surface area contributed by atoms with E-state index >= 15 is 0 Å². The molecule has 0 aromatic heterocycles. The van der Waals surface area contributed by atoms with Crippen molar-refractivity contribution >= 4 is 11.8 Å². The van der Waals surface area contributed by atoms with Crippen LogP contribution in [0.25, 0.3) is 0 Å². The van der Waals surface area contributed by atoms with Gasteiger partial charge in [0, 0.05) is 45.7 Å². The molecule has 0 N–H and O–H groups in total. The smallest absolute Gasteiger partial charge is 0.250 e. The molecule has 0 aliphatic carbocycles. The minimum Gasteiger partial charge on any atom is -0.492 e. The first kappa shape index (κ1) is 21.4. The van der Waals surface area contributed by atoms with Crippen LogP contribution in [0.1, 0.15) is 30.9 Å². The number of amides is 2. The van der Waals surface area contributed by atoms with Crippen LogP contribution in [0.2, 0.25) is 0 Å². The summed E-state index contributed by atoms with van der Waals surface area (Å²) in [5, 5.41) is 0. The Bertz CT molecular complexity index is 851. The highest BCUT2D eigenvalue weighted by molar-refractivity contribution is 5.89. The van der Waals surface area contributed by atoms with Crippen LogP contribution >= 0.6 is 0 Å². The molecule has 1 atom stereocenters. The maximum atomic E-state index is 13.5. The first-order valence-corrected chi connectivity index (χ1v) is 11.3. The van der Waals surface area contributed by atoms with Gasteiger partial charge in [-0.3, -0.25) is 14.5 Å². The Balaban J connectivity index is 1.34. The van der Waals surface area contributed by atoms with Crippen molar-refractivity contribution in [2.75, 3.05) is 45.9 Å². The second kappa shape index (κ2) is 10.4. The summed E-state index contributed by atoms with van der Waals surface area (Å²) in [5.41, 5.74) is 0.904. The molecule has 1 unspecified atom stereocenters. The molecule has 164 valence electrons. The van der Waals surface area contributed by atoms with E-state index in [0.29, 0.717) is 32.7 Å². The lowest BCUT2D eigenvalue weighted by Crippen LogP contribution is -2.53. The van der Waals surface area contributed by atoms with Crippen LogP contribution in [0.5, 0.6) is 5.75 Å². The Morgan fingerprint density at radius 1 is 0.871 bits per heavy atom. The number of nitrogens with zero attached hydrogens (tertiary/aromatic N) is 3. The molecule has 2 aliphatic heterocycles. The Morgan fingerprint density at radius 2 is 1.55 bits per heavy atom. The van der Waals surface area contributed by atoms with Gasteiger partial charge in [-0.1, -0.05) is 48.5 Å². The lowest BCUT2D eigenvalue weighted by atomic mass is 9.99. The average molecular weight is 422 g/mol. The minimum absolute atomic E-state index is 0.0432. The number of benzene rings is 2. The van der Waals surface area contributed by atoms with Gasteiger partial charge in [-0.05, 0) is 30.5 Å². The molecular formula is C25H31N3O3. The van der Waals surface area contributed by atoms with E-state index in [-0.39, 0.29) is 11.8 Å². The topological polar surface area (TPSA) is 53.1 Å². The van der Waals surface area contributed by atoms with Crippen molar-refractivity contribution in [2.24, 2.45) is 0 Å². The molecule has 2 aliphatic rings. The third-order valence-electron chi connectivity index (χ3n) is 6.12. The standard InChI is InChI=1S/C25H31N3O3/c29-23-13-7-8-14-28(23)24(21-9-3-1-4-10-21)25(30)27-17-15-26(16-18-27)19-20-31-22-11-5-2-6-12-22/h1-6,9-12,24H,7-8,13-20H2. The monoisotopic (exact) mass is 421 g/mol. The van der Waals surface area contributed by atoms with Gasteiger partial charge in [0.2, 0.25) is 11.8 Å². The second-order valence-corrected chi connectivity index (χ2v) is 8.19. The molecule has 4 rings (SSSR count). The van der Waals surface area contributed by atoms with Crippen LogP contribution in [-0.2, 0) is 9.59 Å². The van der Waals surface area contributed by atoms with Crippen molar-refractivity contribution in [3.63, 3.8) is 0 Å². The average Bonchev–Trinajstić information content (AvgIpc) is 2.82. The molecule has 31 heavy (non-hydrogen) atoms. The van der Waals surface area contributed by atoms with Crippen LogP contribution in [0.15, 0.2) is 60.7 Å². The first-order valence-electron chi connectivity index (χ1n) is 11.3. The molecule has 2 fully saturated rings. The van der Waals surface area contributed by atoms with Gasteiger partial charge in [0.05, 0.1) is 0 Å². The summed E-state index contributed by atoms with van der Waals surface area (Å²) >= 11 is 0. The minimum atomic E-state index is -0.512. The fraction of sp³-hybridized carbons (Fsp3) is 0.440. The summed E-state index contributed by atoms with van der Waals surface area (Å²) in [5.74, 6) is 1.01. The lowest BCUT2D eigenvalue weighted by molar-refractivity contribution is -0.148. The molecular weight excluding hydrogens is 390 g/mol. The summed E-state index contributed by atoms with van der Waals surface area (Å²) in [6.45, 7) is 5.11. The number of likely N-dealkylation sites (tertiary alicyclic amines) is 1. The number of ether oxygens (including phenoxy) is 1. The molecule has 0 bridgehead atoms. The SMILES string of the molecule is O=C(C(c1ccccc1)N1CCCCC1=O)N1CCN(CCOc2ccccc2)CC1. The van der Waals surface area contributed by atoms with Gasteiger partial charge in [0.25, 0.3) is 0 Å². The van der Waals surface area contributed by atoms with Crippen molar-refractivity contribution in [2.45, 2.75) is 25.3 Å². The number of para-hydroxylation sites is 1. The van der Waals surface area contributed by atoms with Gasteiger partial charge < -0.3 is 14.5 Å². The summed E-state index contributed by atoms with van der Waals surface area (Å²) in [7, 11) is 0. The number of piperidine rings is 1. The zero-order chi connectivity index (χ0) is 21.5. The number of piperazine rings is 1. The molecule has 0 saturated carbocycles. The van der Waals surface area contributed by atoms with Gasteiger partial charge in [0.15, 0.2) is 0 Å². The fourth-order valence-electron chi connectivity index (χ4n) is 4.37. The molecule has 2 aromatic rings. The van der Waals surface area contributed by atoms with Crippen LogP contribution in [-0.4, -0.2) is 72.4 Å². The molecule has 2 amide bonds. The van der Waals surface area contributed by atoms with Gasteiger partial charge in [-0.2, -0.15) is 0 Å². The van der Waals surface area contributed by atoms with Crippen molar-refractivity contribution in [3.05, 3.63) is 66.2 Å². The highest BCUT2D eigenvalue weighted by Gasteiger charge is 2.36. The van der Waals surface area contributed by atoms with Gasteiger partial charge in [0.1, 0.15) is 18.4 Å². The maximum Gasteiger partial charge on any atom is 0.250 e.